The Morgan fingerprint density at radius 3 is 2.58 bits per heavy atom. The Hall–Kier alpha value is -2.66. The molecule has 1 N–H and O–H groups in total. The number of amides is 1. The van der Waals surface area contributed by atoms with Gasteiger partial charge in [-0.3, -0.25) is 19.5 Å². The van der Waals surface area contributed by atoms with Gasteiger partial charge in [0.1, 0.15) is 10.6 Å². The molecule has 2 aliphatic heterocycles. The Morgan fingerprint density at radius 2 is 1.84 bits per heavy atom. The zero-order valence-corrected chi connectivity index (χ0v) is 24.7. The molecule has 8 nitrogen and oxygen atoms in total. The minimum atomic E-state index is -0.313. The van der Waals surface area contributed by atoms with Crippen molar-refractivity contribution in [1.82, 2.24) is 15.2 Å². The van der Waals surface area contributed by atoms with Crippen LogP contribution >= 0.6 is 22.6 Å². The molecule has 2 aliphatic rings. The van der Waals surface area contributed by atoms with E-state index in [1.807, 2.05) is 24.3 Å². The number of ether oxygens (including phenoxy) is 1. The van der Waals surface area contributed by atoms with Crippen molar-refractivity contribution in [2.45, 2.75) is 37.7 Å². The van der Waals surface area contributed by atoms with Gasteiger partial charge in [-0.2, -0.15) is 5.10 Å². The van der Waals surface area contributed by atoms with Crippen LogP contribution in [0.15, 0.2) is 47.6 Å². The number of nitrogens with zero attached hydrogens (tertiary/aromatic N) is 4. The Bertz CT molecular complexity index is 1160. The summed E-state index contributed by atoms with van der Waals surface area (Å²) in [6.07, 6.45) is 0.992. The first kappa shape index (κ1) is 28.4. The van der Waals surface area contributed by atoms with Crippen LogP contribution in [0.3, 0.4) is 0 Å². The fraction of sp³-hybridized carbons (Fsp3) is 0.483. The van der Waals surface area contributed by atoms with Gasteiger partial charge in [0.15, 0.2) is 0 Å². The molecule has 1 fully saturated rings. The molecule has 0 spiro atoms. The molecule has 1 atom stereocenters. The number of esters is 1. The molecule has 0 radical (unpaired) electrons. The molecule has 4 rings (SSSR count). The van der Waals surface area contributed by atoms with Crippen molar-refractivity contribution in [2.75, 3.05) is 57.3 Å². The maximum absolute atomic E-state index is 12.8. The van der Waals surface area contributed by atoms with Gasteiger partial charge in [0.2, 0.25) is 5.91 Å². The average molecular weight is 632 g/mol. The van der Waals surface area contributed by atoms with E-state index < -0.39 is 0 Å². The third-order valence-corrected chi connectivity index (χ3v) is 8.48. The zero-order valence-electron chi connectivity index (χ0n) is 22.6. The lowest BCUT2D eigenvalue weighted by Gasteiger charge is -2.36. The van der Waals surface area contributed by atoms with Gasteiger partial charge < -0.3 is 15.0 Å². The van der Waals surface area contributed by atoms with Gasteiger partial charge in [-0.1, -0.05) is 52.9 Å². The van der Waals surface area contributed by atoms with Gasteiger partial charge in [-0.15, -0.1) is 0 Å². The number of carbonyl (C=O) groups is 2. The predicted octanol–water partition coefficient (Wildman–Crippen LogP) is 4.04. The van der Waals surface area contributed by atoms with Crippen LogP contribution in [-0.4, -0.2) is 79.9 Å². The van der Waals surface area contributed by atoms with Crippen molar-refractivity contribution >= 4 is 45.9 Å². The monoisotopic (exact) mass is 631 g/mol. The maximum atomic E-state index is 12.8. The maximum Gasteiger partial charge on any atom is 0.311 e. The van der Waals surface area contributed by atoms with E-state index in [1.54, 1.807) is 11.9 Å². The molecule has 0 aromatic heterocycles. The Morgan fingerprint density at radius 1 is 1.08 bits per heavy atom. The number of piperazine rings is 1. The minimum absolute atomic E-state index is 0.0650. The average Bonchev–Trinajstić information content (AvgIpc) is 2.91. The molecule has 9 heteroatoms. The molecular formula is C29H38IN5O3. The van der Waals surface area contributed by atoms with Crippen LogP contribution in [0.4, 0.5) is 5.69 Å². The van der Waals surface area contributed by atoms with Crippen molar-refractivity contribution in [3.63, 3.8) is 0 Å². The van der Waals surface area contributed by atoms with Crippen molar-refractivity contribution in [2.24, 2.45) is 5.10 Å². The molecule has 38 heavy (non-hydrogen) atoms. The number of hydrazone groups is 1. The largest absolute Gasteiger partial charge is 0.466 e. The Labute approximate surface area is 239 Å². The summed E-state index contributed by atoms with van der Waals surface area (Å²) in [6, 6.07) is 14.6. The van der Waals surface area contributed by atoms with Crippen LogP contribution in [0.5, 0.6) is 0 Å². The summed E-state index contributed by atoms with van der Waals surface area (Å²) >= 11 is 2.30. The summed E-state index contributed by atoms with van der Waals surface area (Å²) in [5.41, 5.74) is 6.60. The normalized spacial score (nSPS) is 17.6. The Balaban J connectivity index is 1.22. The summed E-state index contributed by atoms with van der Waals surface area (Å²) in [4.78, 5) is 29.8. The summed E-state index contributed by atoms with van der Waals surface area (Å²) in [6.45, 7) is 12.3. The highest BCUT2D eigenvalue weighted by atomic mass is 127. The van der Waals surface area contributed by atoms with Gasteiger partial charge in [0.25, 0.3) is 0 Å². The molecule has 2 heterocycles. The highest BCUT2D eigenvalue weighted by Crippen LogP contribution is 2.35. The topological polar surface area (TPSA) is 77.5 Å². The Kier molecular flexibility index (Phi) is 10.0. The second kappa shape index (κ2) is 13.4. The molecule has 2 aromatic carbocycles. The second-order valence-corrected chi connectivity index (χ2v) is 11.0. The van der Waals surface area contributed by atoms with Crippen LogP contribution < -0.4 is 10.2 Å². The van der Waals surface area contributed by atoms with Crippen LogP contribution in [0.2, 0.25) is 0 Å². The molecule has 1 amide bonds. The minimum Gasteiger partial charge on any atom is -0.466 e. The van der Waals surface area contributed by atoms with Gasteiger partial charge in [0.05, 0.1) is 18.7 Å². The van der Waals surface area contributed by atoms with E-state index in [-0.39, 0.29) is 28.9 Å². The smallest absolute Gasteiger partial charge is 0.311 e. The van der Waals surface area contributed by atoms with Crippen LogP contribution in [0.25, 0.3) is 0 Å². The number of alkyl halides is 1. The number of rotatable bonds is 10. The molecule has 0 bridgehead atoms. The first-order chi connectivity index (χ1) is 18.4. The molecule has 0 saturated carbocycles. The van der Waals surface area contributed by atoms with Crippen LogP contribution in [-0.2, 0) is 14.3 Å². The van der Waals surface area contributed by atoms with Crippen molar-refractivity contribution < 1.29 is 14.3 Å². The molecule has 1 unspecified atom stereocenters. The quantitative estimate of drug-likeness (QED) is 0.140. The summed E-state index contributed by atoms with van der Waals surface area (Å²) in [5.74, 6) is -0.378. The first-order valence-electron chi connectivity index (χ1n) is 13.4. The van der Waals surface area contributed by atoms with Crippen molar-refractivity contribution in [3.05, 3.63) is 64.7 Å². The van der Waals surface area contributed by atoms with E-state index in [1.165, 1.54) is 16.8 Å². The van der Waals surface area contributed by atoms with E-state index in [4.69, 9.17) is 4.74 Å². The SMILES string of the molecule is CCOC(=O)CC1=NN(CC(=O)NCCCN2CCN(c3ccc(C)c(C)c3)CC2)C(I)c2ccccc21. The third kappa shape index (κ3) is 7.25. The lowest BCUT2D eigenvalue weighted by Crippen LogP contribution is -2.47. The third-order valence-electron chi connectivity index (χ3n) is 7.16. The molecule has 2 aromatic rings. The van der Waals surface area contributed by atoms with E-state index in [9.17, 15) is 9.59 Å². The van der Waals surface area contributed by atoms with E-state index in [2.05, 4.69) is 74.9 Å². The molecule has 204 valence electrons. The number of anilines is 1. The number of carbonyl (C=O) groups excluding carboxylic acids is 2. The summed E-state index contributed by atoms with van der Waals surface area (Å²) < 4.78 is 5.04. The van der Waals surface area contributed by atoms with E-state index in [0.717, 1.165) is 50.3 Å². The van der Waals surface area contributed by atoms with Crippen molar-refractivity contribution in [1.29, 1.82) is 0 Å². The van der Waals surface area contributed by atoms with Gasteiger partial charge in [-0.25, -0.2) is 0 Å². The first-order valence-corrected chi connectivity index (χ1v) is 14.6. The van der Waals surface area contributed by atoms with Crippen LogP contribution in [0.1, 0.15) is 46.1 Å². The zero-order chi connectivity index (χ0) is 27.1. The van der Waals surface area contributed by atoms with E-state index >= 15 is 0 Å². The molecular weight excluding hydrogens is 593 g/mol. The number of hydrogen-bond acceptors (Lipinski definition) is 7. The van der Waals surface area contributed by atoms with Gasteiger partial charge in [-0.05, 0) is 62.6 Å². The fourth-order valence-corrected chi connectivity index (χ4v) is 5.73. The lowest BCUT2D eigenvalue weighted by atomic mass is 9.99. The fourth-order valence-electron chi connectivity index (χ4n) is 4.87. The number of halogens is 1. The van der Waals surface area contributed by atoms with Gasteiger partial charge in [0, 0.05) is 44.0 Å². The molecule has 1 saturated heterocycles. The standard InChI is InChI=1S/C29H38IN5O3/c1-4-38-28(37)19-26-24-8-5-6-9-25(24)29(30)35(32-26)20-27(36)31-12-7-13-33-14-16-34(17-15-33)23-11-10-21(2)22(3)18-23/h5-6,8-11,18,29H,4,7,12-17,19-20H2,1-3H3,(H,31,36). The highest BCUT2D eigenvalue weighted by Gasteiger charge is 2.29. The number of benzene rings is 2. The summed E-state index contributed by atoms with van der Waals surface area (Å²) in [5, 5.41) is 9.50. The molecule has 0 aliphatic carbocycles. The second-order valence-electron chi connectivity index (χ2n) is 9.85. The number of fused-ring (bicyclic) bond motifs is 1. The van der Waals surface area contributed by atoms with E-state index in [0.29, 0.717) is 18.9 Å². The predicted molar refractivity (Wildman–Crippen MR) is 160 cm³/mol. The number of aryl methyl sites for hydroxylation is 2. The number of hydrogen-bond donors (Lipinski definition) is 1. The highest BCUT2D eigenvalue weighted by molar-refractivity contribution is 14.1. The summed E-state index contributed by atoms with van der Waals surface area (Å²) in [7, 11) is 0. The van der Waals surface area contributed by atoms with Crippen LogP contribution in [0, 0.1) is 13.8 Å². The number of nitrogens with one attached hydrogen (secondary N) is 1. The van der Waals surface area contributed by atoms with Crippen molar-refractivity contribution in [3.8, 4) is 0 Å². The lowest BCUT2D eigenvalue weighted by molar-refractivity contribution is -0.141. The van der Waals surface area contributed by atoms with Gasteiger partial charge >= 0.3 is 5.97 Å².